The molecule has 0 bridgehead atoms. The average Bonchev–Trinajstić information content (AvgIpc) is 2.61. The molecular formula is C19H25N3O3S. The molecule has 7 heteroatoms. The molecule has 0 spiro atoms. The summed E-state index contributed by atoms with van der Waals surface area (Å²) >= 11 is 0. The lowest BCUT2D eigenvalue weighted by atomic mass is 10.2. The van der Waals surface area contributed by atoms with Crippen LogP contribution in [0.3, 0.4) is 0 Å². The Kier molecular flexibility index (Phi) is 5.50. The van der Waals surface area contributed by atoms with E-state index in [1.165, 1.54) is 4.31 Å². The second-order valence-corrected chi connectivity index (χ2v) is 8.64. The number of nitrogens with two attached hydrogens (primary N) is 1. The molecule has 2 aromatic carbocycles. The van der Waals surface area contributed by atoms with Crippen molar-refractivity contribution in [1.29, 1.82) is 0 Å². The van der Waals surface area contributed by atoms with Crippen molar-refractivity contribution in [2.24, 2.45) is 0 Å². The van der Waals surface area contributed by atoms with Crippen molar-refractivity contribution in [1.82, 2.24) is 4.31 Å². The first-order valence-corrected chi connectivity index (χ1v) is 10.1. The first-order chi connectivity index (χ1) is 12.3. The van der Waals surface area contributed by atoms with Crippen molar-refractivity contribution in [2.45, 2.75) is 37.5 Å². The highest BCUT2D eigenvalue weighted by Gasteiger charge is 2.32. The quantitative estimate of drug-likeness (QED) is 0.785. The van der Waals surface area contributed by atoms with Gasteiger partial charge in [-0.3, -0.25) is 0 Å². The summed E-state index contributed by atoms with van der Waals surface area (Å²) in [6, 6.07) is 14.5. The number of anilines is 2. The van der Waals surface area contributed by atoms with Crippen molar-refractivity contribution in [3.05, 3.63) is 54.1 Å². The van der Waals surface area contributed by atoms with Gasteiger partial charge in [0.05, 0.1) is 17.1 Å². The molecule has 6 nitrogen and oxygen atoms in total. The zero-order chi connectivity index (χ0) is 18.7. The van der Waals surface area contributed by atoms with Crippen LogP contribution in [-0.2, 0) is 21.3 Å². The fourth-order valence-electron chi connectivity index (χ4n) is 3.08. The summed E-state index contributed by atoms with van der Waals surface area (Å²) in [6.07, 6.45) is -0.222. The van der Waals surface area contributed by atoms with Crippen LogP contribution >= 0.6 is 0 Å². The largest absolute Gasteiger partial charge is 0.399 e. The first kappa shape index (κ1) is 18.7. The van der Waals surface area contributed by atoms with Crippen molar-refractivity contribution in [3.63, 3.8) is 0 Å². The number of nitrogens with zero attached hydrogens (tertiary/aromatic N) is 1. The minimum absolute atomic E-state index is 0.111. The Balaban J connectivity index is 1.74. The van der Waals surface area contributed by atoms with Crippen LogP contribution in [-0.4, -0.2) is 38.0 Å². The van der Waals surface area contributed by atoms with Gasteiger partial charge in [0.1, 0.15) is 0 Å². The lowest BCUT2D eigenvalue weighted by Gasteiger charge is -2.34. The minimum Gasteiger partial charge on any atom is -0.399 e. The Bertz CT molecular complexity index is 843. The molecule has 1 fully saturated rings. The number of hydrogen-bond acceptors (Lipinski definition) is 5. The molecule has 0 radical (unpaired) electrons. The van der Waals surface area contributed by atoms with Gasteiger partial charge in [0.25, 0.3) is 0 Å². The number of hydrogen-bond donors (Lipinski definition) is 2. The third-order valence-corrected chi connectivity index (χ3v) is 6.16. The van der Waals surface area contributed by atoms with E-state index >= 15 is 0 Å². The van der Waals surface area contributed by atoms with Crippen LogP contribution in [0.1, 0.15) is 19.4 Å². The maximum atomic E-state index is 13.0. The van der Waals surface area contributed by atoms with Gasteiger partial charge in [0.15, 0.2) is 0 Å². The Hall–Kier alpha value is -2.09. The Morgan fingerprint density at radius 1 is 1.12 bits per heavy atom. The number of nitrogen functional groups attached to an aromatic ring is 1. The minimum atomic E-state index is -3.54. The second-order valence-electron chi connectivity index (χ2n) is 6.70. The molecule has 0 aliphatic carbocycles. The summed E-state index contributed by atoms with van der Waals surface area (Å²) in [6.45, 7) is 5.12. The molecule has 0 saturated carbocycles. The van der Waals surface area contributed by atoms with Crippen molar-refractivity contribution < 1.29 is 13.2 Å². The predicted molar refractivity (Wildman–Crippen MR) is 103 cm³/mol. The van der Waals surface area contributed by atoms with Gasteiger partial charge in [0, 0.05) is 31.0 Å². The number of ether oxygens (including phenoxy) is 1. The van der Waals surface area contributed by atoms with Crippen LogP contribution < -0.4 is 11.1 Å². The van der Waals surface area contributed by atoms with Gasteiger partial charge in [-0.15, -0.1) is 0 Å². The maximum absolute atomic E-state index is 13.0. The number of morpholine rings is 1. The zero-order valence-electron chi connectivity index (χ0n) is 15.1. The third-order valence-electron chi connectivity index (χ3n) is 4.33. The van der Waals surface area contributed by atoms with Gasteiger partial charge in [-0.05, 0) is 49.7 Å². The maximum Gasteiger partial charge on any atom is 0.243 e. The van der Waals surface area contributed by atoms with Crippen LogP contribution in [0.15, 0.2) is 53.4 Å². The van der Waals surface area contributed by atoms with Crippen LogP contribution in [0.5, 0.6) is 0 Å². The van der Waals surface area contributed by atoms with E-state index in [2.05, 4.69) is 5.32 Å². The fourth-order valence-corrected chi connectivity index (χ4v) is 4.72. The van der Waals surface area contributed by atoms with Gasteiger partial charge in [0.2, 0.25) is 10.0 Å². The molecule has 1 aliphatic rings. The number of benzene rings is 2. The van der Waals surface area contributed by atoms with E-state index in [9.17, 15) is 8.42 Å². The molecule has 26 heavy (non-hydrogen) atoms. The van der Waals surface area contributed by atoms with E-state index in [1.54, 1.807) is 18.2 Å². The van der Waals surface area contributed by atoms with E-state index in [-0.39, 0.29) is 12.2 Å². The van der Waals surface area contributed by atoms with E-state index < -0.39 is 10.0 Å². The SMILES string of the molecule is CC1CN(S(=O)(=O)c2cccc(NCc3ccc(N)cc3)c2)CC(C)O1. The van der Waals surface area contributed by atoms with Crippen molar-refractivity contribution in [2.75, 3.05) is 24.1 Å². The molecule has 2 aromatic rings. The first-order valence-electron chi connectivity index (χ1n) is 8.68. The highest BCUT2D eigenvalue weighted by molar-refractivity contribution is 7.89. The summed E-state index contributed by atoms with van der Waals surface area (Å²) in [4.78, 5) is 0.293. The summed E-state index contributed by atoms with van der Waals surface area (Å²) in [5.41, 5.74) is 8.24. The van der Waals surface area contributed by atoms with Gasteiger partial charge in [-0.1, -0.05) is 18.2 Å². The smallest absolute Gasteiger partial charge is 0.243 e. The molecule has 0 amide bonds. The Labute approximate surface area is 155 Å². The predicted octanol–water partition coefficient (Wildman–Crippen LogP) is 2.68. The zero-order valence-corrected chi connectivity index (χ0v) is 15.9. The second kappa shape index (κ2) is 7.65. The average molecular weight is 375 g/mol. The molecule has 1 saturated heterocycles. The normalized spacial score (nSPS) is 21.5. The van der Waals surface area contributed by atoms with E-state index in [1.807, 2.05) is 44.2 Å². The molecule has 1 aliphatic heterocycles. The van der Waals surface area contributed by atoms with E-state index in [4.69, 9.17) is 10.5 Å². The molecule has 3 N–H and O–H groups in total. The van der Waals surface area contributed by atoms with Crippen LogP contribution in [0.2, 0.25) is 0 Å². The number of sulfonamides is 1. The number of rotatable bonds is 5. The lowest BCUT2D eigenvalue weighted by Crippen LogP contribution is -2.48. The summed E-state index contributed by atoms with van der Waals surface area (Å²) < 4.78 is 33.1. The van der Waals surface area contributed by atoms with Gasteiger partial charge < -0.3 is 15.8 Å². The van der Waals surface area contributed by atoms with Crippen molar-refractivity contribution in [3.8, 4) is 0 Å². The highest BCUT2D eigenvalue weighted by Crippen LogP contribution is 2.23. The monoisotopic (exact) mass is 375 g/mol. The third kappa shape index (κ3) is 4.35. The molecule has 140 valence electrons. The summed E-state index contributed by atoms with van der Waals surface area (Å²) in [7, 11) is -3.54. The Morgan fingerprint density at radius 2 is 1.77 bits per heavy atom. The fraction of sp³-hybridized carbons (Fsp3) is 0.368. The van der Waals surface area contributed by atoms with E-state index in [0.29, 0.717) is 24.5 Å². The molecule has 2 unspecified atom stereocenters. The van der Waals surface area contributed by atoms with Gasteiger partial charge in [-0.25, -0.2) is 8.42 Å². The van der Waals surface area contributed by atoms with Crippen LogP contribution in [0.4, 0.5) is 11.4 Å². The van der Waals surface area contributed by atoms with E-state index in [0.717, 1.165) is 16.9 Å². The summed E-state index contributed by atoms with van der Waals surface area (Å²) in [5, 5.41) is 3.26. The molecule has 1 heterocycles. The topological polar surface area (TPSA) is 84.7 Å². The molecular weight excluding hydrogens is 350 g/mol. The standard InChI is InChI=1S/C19H25N3O3S/c1-14-12-22(13-15(2)25-14)26(23,24)19-5-3-4-18(10-19)21-11-16-6-8-17(20)9-7-16/h3-10,14-15,21H,11-13,20H2,1-2H3. The molecule has 3 rings (SSSR count). The number of nitrogens with one attached hydrogen (secondary N) is 1. The molecule has 0 aromatic heterocycles. The van der Waals surface area contributed by atoms with Crippen LogP contribution in [0, 0.1) is 0 Å². The Morgan fingerprint density at radius 3 is 2.42 bits per heavy atom. The van der Waals surface area contributed by atoms with Crippen LogP contribution in [0.25, 0.3) is 0 Å². The summed E-state index contributed by atoms with van der Waals surface area (Å²) in [5.74, 6) is 0. The van der Waals surface area contributed by atoms with Gasteiger partial charge in [-0.2, -0.15) is 4.31 Å². The van der Waals surface area contributed by atoms with Crippen molar-refractivity contribution >= 4 is 21.4 Å². The molecule has 2 atom stereocenters. The highest BCUT2D eigenvalue weighted by atomic mass is 32.2. The van der Waals surface area contributed by atoms with Gasteiger partial charge >= 0.3 is 0 Å². The lowest BCUT2D eigenvalue weighted by molar-refractivity contribution is -0.0440.